The van der Waals surface area contributed by atoms with Gasteiger partial charge < -0.3 is 5.32 Å². The SMILES string of the molecule is CCCCCCCCCCCCCCC/C=C/CC1CC(=O)N(CCCNCCCN2C(=O)CC(C/C=C/CCCCCCCCCCCCCCC)C2=O)C1=O. The van der Waals surface area contributed by atoms with Gasteiger partial charge in [-0.05, 0) is 64.5 Å². The largest absolute Gasteiger partial charge is 0.317 e. The van der Waals surface area contributed by atoms with Crippen molar-refractivity contribution in [2.45, 2.75) is 232 Å². The molecular weight excluding hydrogens is 707 g/mol. The van der Waals surface area contributed by atoms with Gasteiger partial charge in [0, 0.05) is 25.9 Å². The summed E-state index contributed by atoms with van der Waals surface area (Å²) in [5.74, 6) is -0.587. The van der Waals surface area contributed by atoms with Crippen LogP contribution >= 0.6 is 0 Å². The molecule has 2 atom stereocenters. The van der Waals surface area contributed by atoms with Gasteiger partial charge in [0.1, 0.15) is 0 Å². The van der Waals surface area contributed by atoms with Crippen molar-refractivity contribution in [3.63, 3.8) is 0 Å². The van der Waals surface area contributed by atoms with E-state index in [1.54, 1.807) is 0 Å². The third-order valence-corrected chi connectivity index (χ3v) is 12.3. The van der Waals surface area contributed by atoms with Crippen molar-refractivity contribution in [2.24, 2.45) is 11.8 Å². The fourth-order valence-corrected chi connectivity index (χ4v) is 8.51. The zero-order valence-corrected chi connectivity index (χ0v) is 37.4. The fourth-order valence-electron chi connectivity index (χ4n) is 8.51. The van der Waals surface area contributed by atoms with Gasteiger partial charge in [-0.3, -0.25) is 29.0 Å². The summed E-state index contributed by atoms with van der Waals surface area (Å²) in [5, 5.41) is 3.36. The summed E-state index contributed by atoms with van der Waals surface area (Å²) in [5.41, 5.74) is 0. The molecule has 0 aliphatic carbocycles. The molecule has 2 fully saturated rings. The van der Waals surface area contributed by atoms with Gasteiger partial charge in [-0.2, -0.15) is 0 Å². The highest BCUT2D eigenvalue weighted by molar-refractivity contribution is 6.04. The van der Waals surface area contributed by atoms with Crippen LogP contribution in [-0.4, -0.2) is 59.6 Å². The van der Waals surface area contributed by atoms with Crippen LogP contribution in [0.3, 0.4) is 0 Å². The third kappa shape index (κ3) is 25.1. The first-order chi connectivity index (χ1) is 28.0. The van der Waals surface area contributed by atoms with Crippen LogP contribution in [0, 0.1) is 11.8 Å². The topological polar surface area (TPSA) is 86.8 Å². The number of imide groups is 2. The van der Waals surface area contributed by atoms with E-state index in [9.17, 15) is 19.2 Å². The van der Waals surface area contributed by atoms with Crippen LogP contribution in [0.2, 0.25) is 0 Å². The van der Waals surface area contributed by atoms with Crippen LogP contribution < -0.4 is 5.32 Å². The van der Waals surface area contributed by atoms with E-state index in [1.807, 2.05) is 0 Å². The number of nitrogens with one attached hydrogen (secondary N) is 1. The molecule has 0 radical (unpaired) electrons. The quantitative estimate of drug-likeness (QED) is 0.0379. The molecule has 0 aromatic rings. The molecule has 0 aromatic carbocycles. The van der Waals surface area contributed by atoms with Gasteiger partial charge in [0.05, 0.1) is 11.8 Å². The van der Waals surface area contributed by atoms with Crippen molar-refractivity contribution in [1.29, 1.82) is 0 Å². The summed E-state index contributed by atoms with van der Waals surface area (Å²) < 4.78 is 0. The highest BCUT2D eigenvalue weighted by Gasteiger charge is 2.38. The number of nitrogens with zero attached hydrogens (tertiary/aromatic N) is 2. The number of carbonyl (C=O) groups excluding carboxylic acids is 4. The summed E-state index contributed by atoms with van der Waals surface area (Å²) in [6, 6.07) is 0. The average Bonchev–Trinajstić information content (AvgIpc) is 3.63. The van der Waals surface area contributed by atoms with Gasteiger partial charge in [-0.15, -0.1) is 0 Å². The maximum atomic E-state index is 12.9. The Morgan fingerprint density at radius 1 is 0.421 bits per heavy atom. The highest BCUT2D eigenvalue weighted by Crippen LogP contribution is 2.25. The summed E-state index contributed by atoms with van der Waals surface area (Å²) in [7, 11) is 0. The van der Waals surface area contributed by atoms with Gasteiger partial charge in [0.15, 0.2) is 0 Å². The minimum absolute atomic E-state index is 0.0272. The van der Waals surface area contributed by atoms with E-state index >= 15 is 0 Å². The molecule has 0 saturated carbocycles. The molecule has 2 aliphatic heterocycles. The smallest absolute Gasteiger partial charge is 0.233 e. The van der Waals surface area contributed by atoms with E-state index in [0.29, 0.717) is 64.7 Å². The molecule has 57 heavy (non-hydrogen) atoms. The minimum atomic E-state index is -0.215. The lowest BCUT2D eigenvalue weighted by molar-refractivity contribution is -0.140. The number of hydrogen-bond donors (Lipinski definition) is 1. The Morgan fingerprint density at radius 3 is 1.04 bits per heavy atom. The lowest BCUT2D eigenvalue weighted by Crippen LogP contribution is -2.34. The van der Waals surface area contributed by atoms with Crippen molar-refractivity contribution < 1.29 is 19.2 Å². The van der Waals surface area contributed by atoms with E-state index < -0.39 is 0 Å². The molecule has 0 aromatic heterocycles. The van der Waals surface area contributed by atoms with Gasteiger partial charge in [0.2, 0.25) is 23.6 Å². The Kier molecular flexibility index (Phi) is 31.8. The average molecular weight is 796 g/mol. The monoisotopic (exact) mass is 796 g/mol. The van der Waals surface area contributed by atoms with E-state index in [4.69, 9.17) is 0 Å². The standard InChI is InChI=1S/C50H89N3O4/c1-3-5-7-9-11-13-15-17-19-21-23-25-27-29-31-33-37-45-43-47(54)52(49(45)56)41-35-39-51-40-36-42-53-48(55)44-46(50(53)57)38-34-32-30-28-26-24-22-20-18-16-14-12-10-8-6-4-2/h31-34,45-46,51H,3-30,35-44H2,1-2H3/b33-31+,34-32+. The van der Waals surface area contributed by atoms with Crippen LogP contribution in [0.1, 0.15) is 232 Å². The fraction of sp³-hybridized carbons (Fsp3) is 0.840. The number of amides is 4. The van der Waals surface area contributed by atoms with Crippen LogP contribution in [0.5, 0.6) is 0 Å². The molecule has 2 unspecified atom stereocenters. The molecule has 1 N–H and O–H groups in total. The van der Waals surface area contributed by atoms with Gasteiger partial charge in [-0.1, -0.05) is 192 Å². The van der Waals surface area contributed by atoms with Gasteiger partial charge in [0.25, 0.3) is 0 Å². The Bertz CT molecular complexity index is 1020. The molecule has 2 rings (SSSR count). The van der Waals surface area contributed by atoms with Crippen molar-refractivity contribution >= 4 is 23.6 Å². The van der Waals surface area contributed by atoms with Crippen LogP contribution in [-0.2, 0) is 19.2 Å². The Labute approximate surface area is 351 Å². The van der Waals surface area contributed by atoms with E-state index in [2.05, 4.69) is 43.5 Å². The zero-order valence-electron chi connectivity index (χ0n) is 37.4. The molecule has 328 valence electrons. The second kappa shape index (κ2) is 35.6. The van der Waals surface area contributed by atoms with Crippen molar-refractivity contribution in [2.75, 3.05) is 26.2 Å². The second-order valence-electron chi connectivity index (χ2n) is 17.5. The first-order valence-electron chi connectivity index (χ1n) is 24.7. The minimum Gasteiger partial charge on any atom is -0.317 e. The number of unbranched alkanes of at least 4 members (excludes halogenated alkanes) is 26. The zero-order chi connectivity index (χ0) is 41.0. The number of allylic oxidation sites excluding steroid dienone is 4. The lowest BCUT2D eigenvalue weighted by Gasteiger charge is -2.16. The van der Waals surface area contributed by atoms with E-state index in [-0.39, 0.29) is 35.5 Å². The molecule has 2 saturated heterocycles. The lowest BCUT2D eigenvalue weighted by atomic mass is 10.0. The Balaban J connectivity index is 1.41. The normalized spacial score (nSPS) is 17.6. The molecule has 0 bridgehead atoms. The number of likely N-dealkylation sites (tertiary alicyclic amines) is 2. The van der Waals surface area contributed by atoms with Crippen molar-refractivity contribution in [3.8, 4) is 0 Å². The molecule has 7 heteroatoms. The first kappa shape index (κ1) is 50.9. The van der Waals surface area contributed by atoms with E-state index in [0.717, 1.165) is 12.8 Å². The maximum absolute atomic E-state index is 12.9. The predicted molar refractivity (Wildman–Crippen MR) is 240 cm³/mol. The van der Waals surface area contributed by atoms with Crippen molar-refractivity contribution in [1.82, 2.24) is 15.1 Å². The summed E-state index contributed by atoms with van der Waals surface area (Å²) in [6.45, 7) is 6.82. The van der Waals surface area contributed by atoms with E-state index in [1.165, 1.54) is 177 Å². The summed E-state index contributed by atoms with van der Waals surface area (Å²) in [4.78, 5) is 53.8. The van der Waals surface area contributed by atoms with Crippen LogP contribution in [0.4, 0.5) is 0 Å². The molecular formula is C50H89N3O4. The maximum Gasteiger partial charge on any atom is 0.233 e. The molecule has 0 spiro atoms. The number of carbonyl (C=O) groups is 4. The number of hydrogen-bond acceptors (Lipinski definition) is 5. The van der Waals surface area contributed by atoms with Gasteiger partial charge >= 0.3 is 0 Å². The summed E-state index contributed by atoms with van der Waals surface area (Å²) >= 11 is 0. The van der Waals surface area contributed by atoms with Crippen LogP contribution in [0.15, 0.2) is 24.3 Å². The molecule has 7 nitrogen and oxygen atoms in total. The molecule has 2 heterocycles. The highest BCUT2D eigenvalue weighted by atomic mass is 16.2. The van der Waals surface area contributed by atoms with Gasteiger partial charge in [-0.25, -0.2) is 0 Å². The summed E-state index contributed by atoms with van der Waals surface area (Å²) in [6.07, 6.45) is 49.4. The van der Waals surface area contributed by atoms with Crippen molar-refractivity contribution in [3.05, 3.63) is 24.3 Å². The second-order valence-corrected chi connectivity index (χ2v) is 17.5. The Hall–Kier alpha value is -2.28. The predicted octanol–water partition coefficient (Wildman–Crippen LogP) is 13.0. The first-order valence-corrected chi connectivity index (χ1v) is 24.7. The molecule has 2 aliphatic rings. The number of rotatable bonds is 40. The molecule has 4 amide bonds. The Morgan fingerprint density at radius 2 is 0.719 bits per heavy atom. The third-order valence-electron chi connectivity index (χ3n) is 12.3. The van der Waals surface area contributed by atoms with Crippen LogP contribution in [0.25, 0.3) is 0 Å².